The average Bonchev–Trinajstić information content (AvgIpc) is 3.34. The smallest absolute Gasteiger partial charge is 0.315 e. The molecule has 6 rings (SSSR count). The number of carboxylic acids is 1. The van der Waals surface area contributed by atoms with Gasteiger partial charge in [0.15, 0.2) is 0 Å². The van der Waals surface area contributed by atoms with Crippen LogP contribution in [0.1, 0.15) is 83.8 Å². The van der Waals surface area contributed by atoms with E-state index >= 15 is 0 Å². The van der Waals surface area contributed by atoms with Crippen molar-refractivity contribution in [1.29, 1.82) is 0 Å². The number of rotatable bonds is 6. The number of carbonyl (C=O) groups is 2. The number of hydrogen-bond donors (Lipinski definition) is 4. The van der Waals surface area contributed by atoms with Crippen LogP contribution in [0.3, 0.4) is 0 Å². The van der Waals surface area contributed by atoms with Crippen LogP contribution in [0.25, 0.3) is 0 Å². The fourth-order valence-electron chi connectivity index (χ4n) is 8.13. The van der Waals surface area contributed by atoms with Crippen molar-refractivity contribution < 1.29 is 28.6 Å². The number of aliphatic carboxylic acids is 1. The predicted molar refractivity (Wildman–Crippen MR) is 140 cm³/mol. The van der Waals surface area contributed by atoms with Crippen molar-refractivity contribution in [2.75, 3.05) is 6.61 Å². The molecule has 4 N–H and O–H groups in total. The van der Waals surface area contributed by atoms with E-state index in [9.17, 15) is 28.6 Å². The maximum atomic E-state index is 14.8. The lowest BCUT2D eigenvalue weighted by molar-refractivity contribution is -0.196. The van der Waals surface area contributed by atoms with Crippen molar-refractivity contribution in [3.05, 3.63) is 34.3 Å². The summed E-state index contributed by atoms with van der Waals surface area (Å²) in [6.07, 6.45) is 2.60. The standard InChI is InChI=1S/C29H39ClF2N2O4/c1-15-8-9-28(19(11-35)16(15)2,34-24(38)33-27-12-26(13-27,14-27)23(36)37)17-6-7-18(20(30)10-17)21-22(25(3,4)5)29(21,31)32/h6-7,10,15-16,19,21-22,35H,8-9,11-14H2,1-5H3,(H,36,37)(H2,33,34,38)/t15-,16+,19?,21?,22?,26?,27?,28?/m0/s1. The minimum absolute atomic E-state index is 0.0794. The van der Waals surface area contributed by atoms with Gasteiger partial charge in [-0.15, -0.1) is 0 Å². The van der Waals surface area contributed by atoms with Gasteiger partial charge in [0.2, 0.25) is 0 Å². The first-order chi connectivity index (χ1) is 17.5. The summed E-state index contributed by atoms with van der Waals surface area (Å²) < 4.78 is 29.6. The van der Waals surface area contributed by atoms with Crippen molar-refractivity contribution >= 4 is 23.6 Å². The first kappa shape index (κ1) is 27.6. The number of aliphatic hydroxyl groups excluding tert-OH is 1. The minimum Gasteiger partial charge on any atom is -0.481 e. The molecule has 2 amide bonds. The molecule has 0 aromatic heterocycles. The molecule has 210 valence electrons. The number of aliphatic hydroxyl groups is 1. The van der Waals surface area contributed by atoms with Crippen LogP contribution in [0.15, 0.2) is 18.2 Å². The molecule has 0 spiro atoms. The first-order valence-corrected chi connectivity index (χ1v) is 14.0. The highest BCUT2D eigenvalue weighted by atomic mass is 35.5. The van der Waals surface area contributed by atoms with Gasteiger partial charge in [-0.05, 0) is 66.5 Å². The summed E-state index contributed by atoms with van der Waals surface area (Å²) >= 11 is 6.69. The Balaban J connectivity index is 1.44. The largest absolute Gasteiger partial charge is 0.481 e. The molecule has 5 fully saturated rings. The Labute approximate surface area is 227 Å². The van der Waals surface area contributed by atoms with Gasteiger partial charge in [0.25, 0.3) is 5.92 Å². The van der Waals surface area contributed by atoms with E-state index in [1.807, 2.05) is 20.8 Å². The van der Waals surface area contributed by atoms with Gasteiger partial charge in [-0.1, -0.05) is 58.4 Å². The fraction of sp³-hybridized carbons (Fsp3) is 0.724. The second-order valence-corrected chi connectivity index (χ2v) is 14.3. The molecule has 4 unspecified atom stereocenters. The van der Waals surface area contributed by atoms with E-state index in [0.29, 0.717) is 42.7 Å². The van der Waals surface area contributed by atoms with E-state index in [2.05, 4.69) is 24.5 Å². The third-order valence-electron chi connectivity index (χ3n) is 10.4. The molecule has 38 heavy (non-hydrogen) atoms. The van der Waals surface area contributed by atoms with Gasteiger partial charge in [-0.3, -0.25) is 4.79 Å². The molecule has 1 aromatic carbocycles. The molecular formula is C29H39ClF2N2O4. The topological polar surface area (TPSA) is 98.7 Å². The summed E-state index contributed by atoms with van der Waals surface area (Å²) in [5.74, 6) is -5.33. The van der Waals surface area contributed by atoms with E-state index in [-0.39, 0.29) is 23.5 Å². The van der Waals surface area contributed by atoms with Crippen LogP contribution >= 0.6 is 11.6 Å². The van der Waals surface area contributed by atoms with Gasteiger partial charge < -0.3 is 20.8 Å². The lowest BCUT2D eigenvalue weighted by Gasteiger charge is -2.68. The first-order valence-electron chi connectivity index (χ1n) is 13.6. The zero-order chi connectivity index (χ0) is 28.1. The molecule has 0 heterocycles. The van der Waals surface area contributed by atoms with Gasteiger partial charge in [0, 0.05) is 29.0 Å². The summed E-state index contributed by atoms with van der Waals surface area (Å²) in [5.41, 5.74) is -1.65. The Morgan fingerprint density at radius 3 is 2.26 bits per heavy atom. The molecule has 5 aliphatic carbocycles. The van der Waals surface area contributed by atoms with Gasteiger partial charge in [0.05, 0.1) is 16.9 Å². The molecule has 6 atom stereocenters. The highest BCUT2D eigenvalue weighted by Gasteiger charge is 2.73. The van der Waals surface area contributed by atoms with Crippen molar-refractivity contribution in [1.82, 2.24) is 10.6 Å². The number of carboxylic acid groups (broad SMARTS) is 1. The second-order valence-electron chi connectivity index (χ2n) is 13.8. The van der Waals surface area contributed by atoms with E-state index in [4.69, 9.17) is 11.6 Å². The van der Waals surface area contributed by atoms with Crippen LogP contribution in [0.2, 0.25) is 5.02 Å². The van der Waals surface area contributed by atoms with Crippen LogP contribution in [0, 0.1) is 34.5 Å². The van der Waals surface area contributed by atoms with Crippen LogP contribution in [0.4, 0.5) is 13.6 Å². The summed E-state index contributed by atoms with van der Waals surface area (Å²) in [5, 5.41) is 26.4. The summed E-state index contributed by atoms with van der Waals surface area (Å²) in [6.45, 7) is 9.46. The molecule has 5 saturated carbocycles. The monoisotopic (exact) mass is 552 g/mol. The van der Waals surface area contributed by atoms with Crippen LogP contribution < -0.4 is 10.6 Å². The Morgan fingerprint density at radius 1 is 1.13 bits per heavy atom. The number of alkyl halides is 2. The molecule has 1 aromatic rings. The molecule has 9 heteroatoms. The normalized spacial score (nSPS) is 40.9. The number of hydrogen-bond acceptors (Lipinski definition) is 3. The van der Waals surface area contributed by atoms with E-state index in [0.717, 1.165) is 6.42 Å². The van der Waals surface area contributed by atoms with Crippen molar-refractivity contribution in [3.8, 4) is 0 Å². The molecule has 0 saturated heterocycles. The lowest BCUT2D eigenvalue weighted by Crippen LogP contribution is -2.78. The quantitative estimate of drug-likeness (QED) is 0.352. The zero-order valence-corrected chi connectivity index (χ0v) is 23.5. The SMILES string of the molecule is C[C@H]1CCC(NC(=O)NC23CC(C(=O)O)(C2)C3)(c2ccc(C3C(C(C)(C)C)C3(F)F)c(Cl)c2)C(CO)[C@@H]1C. The maximum absolute atomic E-state index is 14.8. The van der Waals surface area contributed by atoms with Gasteiger partial charge in [0.1, 0.15) is 0 Å². The average molecular weight is 553 g/mol. The summed E-state index contributed by atoms with van der Waals surface area (Å²) in [7, 11) is 0. The predicted octanol–water partition coefficient (Wildman–Crippen LogP) is 5.91. The summed E-state index contributed by atoms with van der Waals surface area (Å²) in [6, 6.07) is 4.72. The number of halogens is 3. The molecular weight excluding hydrogens is 514 g/mol. The zero-order valence-electron chi connectivity index (χ0n) is 22.7. The Hall–Kier alpha value is -1.93. The second kappa shape index (κ2) is 8.53. The van der Waals surface area contributed by atoms with Crippen molar-refractivity contribution in [2.24, 2.45) is 34.5 Å². The van der Waals surface area contributed by atoms with Crippen LogP contribution in [-0.2, 0) is 10.3 Å². The number of amides is 2. The third kappa shape index (κ3) is 3.95. The Bertz CT molecular complexity index is 1150. The Morgan fingerprint density at radius 2 is 1.76 bits per heavy atom. The molecule has 2 bridgehead atoms. The van der Waals surface area contributed by atoms with Crippen LogP contribution in [0.5, 0.6) is 0 Å². The van der Waals surface area contributed by atoms with Crippen molar-refractivity contribution in [3.63, 3.8) is 0 Å². The molecule has 0 radical (unpaired) electrons. The lowest BCUT2D eigenvalue weighted by atomic mass is 9.39. The van der Waals surface area contributed by atoms with Crippen molar-refractivity contribution in [2.45, 2.75) is 89.6 Å². The molecule has 6 nitrogen and oxygen atoms in total. The highest BCUT2D eigenvalue weighted by molar-refractivity contribution is 6.31. The molecule has 5 aliphatic rings. The summed E-state index contributed by atoms with van der Waals surface area (Å²) in [4.78, 5) is 24.9. The fourth-order valence-corrected chi connectivity index (χ4v) is 8.42. The van der Waals surface area contributed by atoms with Gasteiger partial charge >= 0.3 is 12.0 Å². The van der Waals surface area contributed by atoms with E-state index in [1.165, 1.54) is 0 Å². The highest BCUT2D eigenvalue weighted by Crippen LogP contribution is 2.69. The molecule has 0 aliphatic heterocycles. The maximum Gasteiger partial charge on any atom is 0.315 e. The number of benzene rings is 1. The van der Waals surface area contributed by atoms with Gasteiger partial charge in [-0.25, -0.2) is 13.6 Å². The van der Waals surface area contributed by atoms with E-state index in [1.54, 1.807) is 18.2 Å². The number of carbonyl (C=O) groups excluding carboxylic acids is 1. The third-order valence-corrected chi connectivity index (χ3v) is 10.7. The number of urea groups is 1. The van der Waals surface area contributed by atoms with Gasteiger partial charge in [-0.2, -0.15) is 0 Å². The van der Waals surface area contributed by atoms with E-state index < -0.39 is 51.7 Å². The Kier molecular flexibility index (Phi) is 6.20. The van der Waals surface area contributed by atoms with Crippen LogP contribution in [-0.4, -0.2) is 40.3 Å². The minimum atomic E-state index is -2.84. The number of nitrogens with one attached hydrogen (secondary N) is 2.